The van der Waals surface area contributed by atoms with Crippen molar-refractivity contribution in [3.63, 3.8) is 0 Å². The fourth-order valence-corrected chi connectivity index (χ4v) is 3.88. The van der Waals surface area contributed by atoms with Crippen molar-refractivity contribution >= 4 is 19.9 Å². The molecule has 0 aromatic carbocycles. The van der Waals surface area contributed by atoms with Crippen LogP contribution >= 0.6 is 11.1 Å². The molecule has 0 N–H and O–H groups in total. The van der Waals surface area contributed by atoms with Gasteiger partial charge in [0.2, 0.25) is 0 Å². The maximum absolute atomic E-state index is 6.12. The van der Waals surface area contributed by atoms with E-state index in [0.29, 0.717) is 8.83 Å². The molecule has 0 saturated carbocycles. The van der Waals surface area contributed by atoms with Gasteiger partial charge in [-0.05, 0) is 5.54 Å². The maximum atomic E-state index is 6.12. The molecular weight excluding hydrogens is 268 g/mol. The van der Waals surface area contributed by atoms with E-state index >= 15 is 0 Å². The quantitative estimate of drug-likeness (QED) is 0.171. The fourth-order valence-electron chi connectivity index (χ4n) is 2.60. The van der Waals surface area contributed by atoms with Gasteiger partial charge in [-0.15, -0.1) is 0 Å². The van der Waals surface area contributed by atoms with Crippen molar-refractivity contribution in [3.05, 3.63) is 0 Å². The summed E-state index contributed by atoms with van der Waals surface area (Å²) in [6.07, 6.45) is 19.7. The highest BCUT2D eigenvalue weighted by atomic mass is 35.6. The zero-order chi connectivity index (χ0) is 14.2. The average Bonchev–Trinajstić information content (AvgIpc) is 2.44. The van der Waals surface area contributed by atoms with E-state index in [2.05, 4.69) is 13.8 Å². The van der Waals surface area contributed by atoms with Gasteiger partial charge in [0.05, 0.1) is 0 Å². The van der Waals surface area contributed by atoms with Gasteiger partial charge in [0.15, 0.2) is 8.83 Å². The van der Waals surface area contributed by atoms with Crippen LogP contribution in [0.4, 0.5) is 0 Å². The second-order valence-electron chi connectivity index (χ2n) is 5.92. The van der Waals surface area contributed by atoms with Crippen molar-refractivity contribution in [2.45, 2.75) is 109 Å². The molecule has 0 bridgehead atoms. The Morgan fingerprint density at radius 3 is 1.37 bits per heavy atom. The summed E-state index contributed by atoms with van der Waals surface area (Å²) in [4.78, 5) is 0. The van der Waals surface area contributed by atoms with E-state index < -0.39 is 0 Å². The van der Waals surface area contributed by atoms with Crippen LogP contribution in [-0.2, 0) is 0 Å². The molecule has 0 aliphatic rings. The summed E-state index contributed by atoms with van der Waals surface area (Å²) in [6.45, 7) is 4.57. The summed E-state index contributed by atoms with van der Waals surface area (Å²) in [5.74, 6) is 0. The van der Waals surface area contributed by atoms with Crippen LogP contribution in [0, 0.1) is 0 Å². The molecule has 0 fully saturated rings. The Kier molecular flexibility index (Phi) is 17.0. The Balaban J connectivity index is 3.30. The largest absolute Gasteiger partial charge is 0.175 e. The van der Waals surface area contributed by atoms with Crippen LogP contribution in [0.5, 0.6) is 0 Å². The van der Waals surface area contributed by atoms with Gasteiger partial charge < -0.3 is 0 Å². The molecule has 0 spiro atoms. The standard InChI is InChI=1S/C17H35ClSi/c1-3-5-7-9-11-13-15-17(19-18)16-14-12-10-8-6-4-2/h17H,3-16H2,1-2H3. The molecule has 0 saturated heterocycles. The molecule has 0 amide bonds. The summed E-state index contributed by atoms with van der Waals surface area (Å²) in [6, 6.07) is 0. The summed E-state index contributed by atoms with van der Waals surface area (Å²) >= 11 is 6.12. The van der Waals surface area contributed by atoms with Crippen LogP contribution in [0.2, 0.25) is 5.54 Å². The van der Waals surface area contributed by atoms with E-state index in [1.165, 1.54) is 89.9 Å². The topological polar surface area (TPSA) is 0 Å². The molecule has 0 aliphatic heterocycles. The third-order valence-corrected chi connectivity index (χ3v) is 5.78. The van der Waals surface area contributed by atoms with Crippen LogP contribution in [0.25, 0.3) is 0 Å². The Morgan fingerprint density at radius 1 is 0.632 bits per heavy atom. The van der Waals surface area contributed by atoms with Gasteiger partial charge in [-0.25, -0.2) is 0 Å². The third-order valence-electron chi connectivity index (χ3n) is 3.97. The van der Waals surface area contributed by atoms with Crippen LogP contribution in [0.15, 0.2) is 0 Å². The van der Waals surface area contributed by atoms with Gasteiger partial charge in [0, 0.05) is 0 Å². The Labute approximate surface area is 129 Å². The molecule has 0 aromatic rings. The molecule has 0 atom stereocenters. The van der Waals surface area contributed by atoms with Crippen molar-refractivity contribution in [2.24, 2.45) is 0 Å². The zero-order valence-electron chi connectivity index (χ0n) is 13.4. The van der Waals surface area contributed by atoms with Gasteiger partial charge in [-0.2, -0.15) is 11.1 Å². The van der Waals surface area contributed by atoms with E-state index in [1.54, 1.807) is 0 Å². The van der Waals surface area contributed by atoms with Crippen LogP contribution < -0.4 is 0 Å². The first-order chi connectivity index (χ1) is 9.35. The second kappa shape index (κ2) is 16.6. The SMILES string of the molecule is CCCCCCCCC(CCCCCCCC)[Si]Cl. The lowest BCUT2D eigenvalue weighted by Gasteiger charge is -2.12. The summed E-state index contributed by atoms with van der Waals surface area (Å²) in [5.41, 5.74) is 0.819. The molecule has 0 aliphatic carbocycles. The molecule has 0 nitrogen and oxygen atoms in total. The highest BCUT2D eigenvalue weighted by Gasteiger charge is 2.08. The summed E-state index contributed by atoms with van der Waals surface area (Å²) in [7, 11) is 0.646. The number of rotatable bonds is 15. The predicted molar refractivity (Wildman–Crippen MR) is 91.3 cm³/mol. The zero-order valence-corrected chi connectivity index (χ0v) is 15.1. The lowest BCUT2D eigenvalue weighted by atomic mass is 10.0. The van der Waals surface area contributed by atoms with Gasteiger partial charge in [0.25, 0.3) is 0 Å². The smallest absolute Gasteiger partial charge is 0.171 e. The number of hydrogen-bond donors (Lipinski definition) is 0. The Hall–Kier alpha value is 0.507. The van der Waals surface area contributed by atoms with Crippen molar-refractivity contribution in [1.82, 2.24) is 0 Å². The molecule has 0 rings (SSSR count). The van der Waals surface area contributed by atoms with Crippen LogP contribution in [0.3, 0.4) is 0 Å². The molecule has 0 unspecified atom stereocenters. The van der Waals surface area contributed by atoms with E-state index in [-0.39, 0.29) is 0 Å². The van der Waals surface area contributed by atoms with Crippen LogP contribution in [0.1, 0.15) is 104 Å². The third kappa shape index (κ3) is 14.7. The van der Waals surface area contributed by atoms with Gasteiger partial charge >= 0.3 is 0 Å². The average molecular weight is 303 g/mol. The fraction of sp³-hybridized carbons (Fsp3) is 1.00. The number of unbranched alkanes of at least 4 members (excludes halogenated alkanes) is 10. The summed E-state index contributed by atoms with van der Waals surface area (Å²) < 4.78 is 0. The molecule has 0 aromatic heterocycles. The van der Waals surface area contributed by atoms with Crippen molar-refractivity contribution < 1.29 is 0 Å². The lowest BCUT2D eigenvalue weighted by molar-refractivity contribution is 0.533. The van der Waals surface area contributed by atoms with Gasteiger partial charge in [-0.3, -0.25) is 0 Å². The van der Waals surface area contributed by atoms with Crippen molar-refractivity contribution in [2.75, 3.05) is 0 Å². The Morgan fingerprint density at radius 2 is 1.00 bits per heavy atom. The van der Waals surface area contributed by atoms with Crippen LogP contribution in [-0.4, -0.2) is 8.83 Å². The first-order valence-corrected chi connectivity index (χ1v) is 10.8. The summed E-state index contributed by atoms with van der Waals surface area (Å²) in [5, 5.41) is 0. The molecule has 0 heterocycles. The molecule has 2 heteroatoms. The minimum absolute atomic E-state index is 0.646. The first kappa shape index (κ1) is 19.5. The number of halogens is 1. The molecule has 114 valence electrons. The maximum Gasteiger partial charge on any atom is 0.175 e. The second-order valence-corrected chi connectivity index (χ2v) is 7.61. The lowest BCUT2D eigenvalue weighted by Crippen LogP contribution is -1.99. The van der Waals surface area contributed by atoms with E-state index in [0.717, 1.165) is 5.54 Å². The first-order valence-electron chi connectivity index (χ1n) is 8.71. The van der Waals surface area contributed by atoms with Gasteiger partial charge in [-0.1, -0.05) is 104 Å². The van der Waals surface area contributed by atoms with Crippen molar-refractivity contribution in [3.8, 4) is 0 Å². The molecule has 2 radical (unpaired) electrons. The highest BCUT2D eigenvalue weighted by molar-refractivity contribution is 6.94. The normalized spacial score (nSPS) is 11.4. The number of hydrogen-bond acceptors (Lipinski definition) is 0. The van der Waals surface area contributed by atoms with E-state index in [4.69, 9.17) is 11.1 Å². The minimum Gasteiger partial charge on any atom is -0.171 e. The van der Waals surface area contributed by atoms with E-state index in [1.807, 2.05) is 0 Å². The minimum atomic E-state index is 0.646. The van der Waals surface area contributed by atoms with Gasteiger partial charge in [0.1, 0.15) is 0 Å². The van der Waals surface area contributed by atoms with Crippen molar-refractivity contribution in [1.29, 1.82) is 0 Å². The molecular formula is C17H35ClSi. The van der Waals surface area contributed by atoms with E-state index in [9.17, 15) is 0 Å². The highest BCUT2D eigenvalue weighted by Crippen LogP contribution is 2.23. The Bertz CT molecular complexity index is 145. The monoisotopic (exact) mass is 302 g/mol. The molecule has 19 heavy (non-hydrogen) atoms. The predicted octanol–water partition coefficient (Wildman–Crippen LogP) is 7.13.